The van der Waals surface area contributed by atoms with E-state index in [0.717, 1.165) is 42.6 Å². The SMILES string of the molecule is O=C(CCNC(=O)C12CC3CC(CC(C3)C1)C2)NCCc1ccc(Cl)cc1Cl. The lowest BCUT2D eigenvalue weighted by Gasteiger charge is -2.55. The van der Waals surface area contributed by atoms with Gasteiger partial charge in [0.05, 0.1) is 0 Å². The Morgan fingerprint density at radius 2 is 1.61 bits per heavy atom. The Hall–Kier alpha value is -1.26. The molecule has 1 aromatic carbocycles. The van der Waals surface area contributed by atoms with Crippen LogP contribution in [0.1, 0.15) is 50.5 Å². The Morgan fingerprint density at radius 1 is 0.964 bits per heavy atom. The maximum Gasteiger partial charge on any atom is 0.226 e. The van der Waals surface area contributed by atoms with E-state index in [9.17, 15) is 9.59 Å². The Morgan fingerprint density at radius 3 is 2.21 bits per heavy atom. The zero-order valence-corrected chi connectivity index (χ0v) is 17.6. The lowest BCUT2D eigenvalue weighted by molar-refractivity contribution is -0.146. The number of rotatable bonds is 7. The summed E-state index contributed by atoms with van der Waals surface area (Å²) in [4.78, 5) is 25.0. The summed E-state index contributed by atoms with van der Waals surface area (Å²) in [6.45, 7) is 0.928. The maximum absolute atomic E-state index is 12.9. The number of amides is 2. The van der Waals surface area contributed by atoms with Crippen LogP contribution in [0.4, 0.5) is 0 Å². The summed E-state index contributed by atoms with van der Waals surface area (Å²) in [5, 5.41) is 7.18. The second-order valence-electron chi connectivity index (χ2n) is 9.04. The van der Waals surface area contributed by atoms with Crippen LogP contribution in [0.5, 0.6) is 0 Å². The van der Waals surface area contributed by atoms with E-state index in [4.69, 9.17) is 23.2 Å². The molecule has 6 heteroatoms. The van der Waals surface area contributed by atoms with Crippen molar-refractivity contribution in [3.05, 3.63) is 33.8 Å². The van der Waals surface area contributed by atoms with E-state index < -0.39 is 0 Å². The van der Waals surface area contributed by atoms with Crippen LogP contribution < -0.4 is 10.6 Å². The first-order valence-corrected chi connectivity index (χ1v) is 11.2. The summed E-state index contributed by atoms with van der Waals surface area (Å²) in [6, 6.07) is 5.38. The standard InChI is InChI=1S/C22H28Cl2N2O2/c23-18-2-1-17(19(24)10-18)3-5-25-20(27)4-6-26-21(28)22-11-14-7-15(12-22)9-16(8-14)13-22/h1-2,10,14-16H,3-9,11-13H2,(H,25,27)(H,26,28). The van der Waals surface area contributed by atoms with Crippen molar-refractivity contribution < 1.29 is 9.59 Å². The molecule has 4 bridgehead atoms. The summed E-state index contributed by atoms with van der Waals surface area (Å²) in [5.74, 6) is 2.39. The van der Waals surface area contributed by atoms with Crippen molar-refractivity contribution >= 4 is 35.0 Å². The average molecular weight is 423 g/mol. The molecule has 4 nitrogen and oxygen atoms in total. The third-order valence-electron chi connectivity index (χ3n) is 6.89. The van der Waals surface area contributed by atoms with Crippen molar-refractivity contribution in [1.29, 1.82) is 0 Å². The Kier molecular flexibility index (Phi) is 5.89. The largest absolute Gasteiger partial charge is 0.356 e. The van der Waals surface area contributed by atoms with Gasteiger partial charge in [0, 0.05) is 35.0 Å². The van der Waals surface area contributed by atoms with Gasteiger partial charge in [0.25, 0.3) is 0 Å². The molecule has 28 heavy (non-hydrogen) atoms. The number of hydrogen-bond donors (Lipinski definition) is 2. The minimum atomic E-state index is -0.142. The number of carbonyl (C=O) groups excluding carboxylic acids is 2. The maximum atomic E-state index is 12.9. The molecule has 1 aromatic rings. The van der Waals surface area contributed by atoms with Crippen LogP contribution in [0, 0.1) is 23.2 Å². The van der Waals surface area contributed by atoms with Crippen molar-refractivity contribution in [3.63, 3.8) is 0 Å². The summed E-state index contributed by atoms with van der Waals surface area (Å²) >= 11 is 12.0. The molecular weight excluding hydrogens is 395 g/mol. The fourth-order valence-corrected chi connectivity index (χ4v) is 6.52. The van der Waals surface area contributed by atoms with Gasteiger partial charge >= 0.3 is 0 Å². The van der Waals surface area contributed by atoms with E-state index >= 15 is 0 Å². The Labute approximate surface area is 176 Å². The first-order chi connectivity index (χ1) is 13.4. The molecule has 0 saturated heterocycles. The minimum Gasteiger partial charge on any atom is -0.356 e. The average Bonchev–Trinajstić information content (AvgIpc) is 2.62. The van der Waals surface area contributed by atoms with Crippen LogP contribution in [-0.4, -0.2) is 24.9 Å². The fourth-order valence-electron chi connectivity index (χ4n) is 6.02. The van der Waals surface area contributed by atoms with Gasteiger partial charge in [-0.3, -0.25) is 9.59 Å². The highest BCUT2D eigenvalue weighted by Crippen LogP contribution is 2.60. The molecule has 2 N–H and O–H groups in total. The Bertz CT molecular complexity index is 730. The molecule has 4 fully saturated rings. The molecule has 0 unspecified atom stereocenters. The van der Waals surface area contributed by atoms with Crippen LogP contribution >= 0.6 is 23.2 Å². The number of halogens is 2. The second-order valence-corrected chi connectivity index (χ2v) is 9.88. The zero-order chi connectivity index (χ0) is 19.7. The van der Waals surface area contributed by atoms with Gasteiger partial charge in [0.15, 0.2) is 0 Å². The quantitative estimate of drug-likeness (QED) is 0.684. The van der Waals surface area contributed by atoms with E-state index in [1.165, 1.54) is 19.3 Å². The highest BCUT2D eigenvalue weighted by molar-refractivity contribution is 6.35. The summed E-state index contributed by atoms with van der Waals surface area (Å²) in [5.41, 5.74) is 0.817. The number of benzene rings is 1. The number of nitrogens with one attached hydrogen (secondary N) is 2. The third-order valence-corrected chi connectivity index (χ3v) is 7.48. The first kappa shape index (κ1) is 20.0. The van der Waals surface area contributed by atoms with Crippen LogP contribution in [-0.2, 0) is 16.0 Å². The lowest BCUT2D eigenvalue weighted by Crippen LogP contribution is -2.53. The van der Waals surface area contributed by atoms with E-state index in [1.807, 2.05) is 6.07 Å². The molecule has 4 aliphatic carbocycles. The van der Waals surface area contributed by atoms with Gasteiger partial charge in [0.2, 0.25) is 11.8 Å². The topological polar surface area (TPSA) is 58.2 Å². The molecule has 0 atom stereocenters. The predicted octanol–water partition coefficient (Wildman–Crippen LogP) is 4.37. The van der Waals surface area contributed by atoms with Gasteiger partial charge in [0.1, 0.15) is 0 Å². The van der Waals surface area contributed by atoms with E-state index in [2.05, 4.69) is 10.6 Å². The summed E-state index contributed by atoms with van der Waals surface area (Å²) < 4.78 is 0. The molecule has 0 spiro atoms. The van der Waals surface area contributed by atoms with Crippen LogP contribution in [0.25, 0.3) is 0 Å². The van der Waals surface area contributed by atoms with Crippen molar-refractivity contribution in [2.75, 3.05) is 13.1 Å². The molecule has 2 amide bonds. The molecule has 5 rings (SSSR count). The monoisotopic (exact) mass is 422 g/mol. The third kappa shape index (κ3) is 4.33. The van der Waals surface area contributed by atoms with Gasteiger partial charge in [-0.1, -0.05) is 29.3 Å². The molecule has 0 heterocycles. The highest BCUT2D eigenvalue weighted by atomic mass is 35.5. The lowest BCUT2D eigenvalue weighted by atomic mass is 9.49. The van der Waals surface area contributed by atoms with E-state index in [-0.39, 0.29) is 17.2 Å². The molecule has 4 saturated carbocycles. The molecule has 0 aliphatic heterocycles. The number of carbonyl (C=O) groups is 2. The van der Waals surface area contributed by atoms with Gasteiger partial charge in [-0.2, -0.15) is 0 Å². The molecule has 0 radical (unpaired) electrons. The van der Waals surface area contributed by atoms with Crippen LogP contribution in [0.2, 0.25) is 10.0 Å². The number of hydrogen-bond acceptors (Lipinski definition) is 2. The molecule has 152 valence electrons. The summed E-state index contributed by atoms with van der Waals surface area (Å²) in [7, 11) is 0. The van der Waals surface area contributed by atoms with E-state index in [0.29, 0.717) is 36.0 Å². The van der Waals surface area contributed by atoms with Gasteiger partial charge in [-0.05, 0) is 80.4 Å². The van der Waals surface area contributed by atoms with Crippen molar-refractivity contribution in [1.82, 2.24) is 10.6 Å². The molecular formula is C22H28Cl2N2O2. The van der Waals surface area contributed by atoms with Gasteiger partial charge < -0.3 is 10.6 Å². The second kappa shape index (κ2) is 8.23. The van der Waals surface area contributed by atoms with Gasteiger partial charge in [-0.25, -0.2) is 0 Å². The van der Waals surface area contributed by atoms with Gasteiger partial charge in [-0.15, -0.1) is 0 Å². The van der Waals surface area contributed by atoms with Crippen molar-refractivity contribution in [3.8, 4) is 0 Å². The summed E-state index contributed by atoms with van der Waals surface area (Å²) in [6.07, 6.45) is 8.11. The van der Waals surface area contributed by atoms with Crippen LogP contribution in [0.15, 0.2) is 18.2 Å². The van der Waals surface area contributed by atoms with Crippen molar-refractivity contribution in [2.45, 2.75) is 51.4 Å². The minimum absolute atomic E-state index is 0.0455. The first-order valence-electron chi connectivity index (χ1n) is 10.4. The van der Waals surface area contributed by atoms with Crippen molar-refractivity contribution in [2.24, 2.45) is 23.2 Å². The zero-order valence-electron chi connectivity index (χ0n) is 16.1. The fraction of sp³-hybridized carbons (Fsp3) is 0.636. The molecule has 4 aliphatic rings. The highest BCUT2D eigenvalue weighted by Gasteiger charge is 2.54. The normalized spacial score (nSPS) is 30.3. The van der Waals surface area contributed by atoms with E-state index in [1.54, 1.807) is 12.1 Å². The Balaban J connectivity index is 1.18. The predicted molar refractivity (Wildman–Crippen MR) is 111 cm³/mol. The molecule has 0 aromatic heterocycles. The van der Waals surface area contributed by atoms with Crippen LogP contribution in [0.3, 0.4) is 0 Å². The smallest absolute Gasteiger partial charge is 0.226 e.